The fraction of sp³-hybridized carbons (Fsp3) is 0.143. The minimum atomic E-state index is -3.93. The summed E-state index contributed by atoms with van der Waals surface area (Å²) in [5, 5.41) is 2.56. The highest BCUT2D eigenvalue weighted by atomic mass is 35.5. The average molecular weight is 534 g/mol. The van der Waals surface area contributed by atoms with Crippen molar-refractivity contribution in [3.63, 3.8) is 0 Å². The molecule has 1 atom stereocenters. The molecule has 1 aromatic heterocycles. The Bertz CT molecular complexity index is 1800. The normalized spacial score (nSPS) is 12.8. The van der Waals surface area contributed by atoms with Gasteiger partial charge in [0.05, 0.1) is 34.6 Å². The molecule has 0 bridgehead atoms. The van der Waals surface area contributed by atoms with E-state index in [4.69, 9.17) is 21.3 Å². The lowest BCUT2D eigenvalue weighted by atomic mass is 10.1. The standard InChI is InChI=1S/C28H24ClN3O4S/c1-18(31(2)37(34,35)24-14-8-19-6-4-5-7-20(19)16-24)27-30-26-17-21(29)9-15-25(26)28(33)32(27)22-10-12-23(36-3)13-11-22/h4-18H,1-3H3. The number of nitrogens with zero attached hydrogens (tertiary/aromatic N) is 3. The number of rotatable bonds is 6. The highest BCUT2D eigenvalue weighted by Gasteiger charge is 2.30. The summed E-state index contributed by atoms with van der Waals surface area (Å²) in [5.74, 6) is 0.889. The summed E-state index contributed by atoms with van der Waals surface area (Å²) in [6, 6.07) is 23.6. The summed E-state index contributed by atoms with van der Waals surface area (Å²) in [6.45, 7) is 1.71. The van der Waals surface area contributed by atoms with Gasteiger partial charge in [-0.15, -0.1) is 0 Å². The minimum absolute atomic E-state index is 0.155. The Hall–Kier alpha value is -3.72. The first-order valence-electron chi connectivity index (χ1n) is 11.5. The van der Waals surface area contributed by atoms with E-state index in [9.17, 15) is 13.2 Å². The molecule has 0 N–H and O–H groups in total. The SMILES string of the molecule is COc1ccc(-n2c(C(C)N(C)S(=O)(=O)c3ccc4ccccc4c3)nc3cc(Cl)ccc3c2=O)cc1. The molecule has 0 aliphatic carbocycles. The van der Waals surface area contributed by atoms with Gasteiger partial charge in [-0.05, 0) is 72.3 Å². The maximum Gasteiger partial charge on any atom is 0.266 e. The molecule has 0 aliphatic heterocycles. The van der Waals surface area contributed by atoms with Crippen molar-refractivity contribution >= 4 is 43.3 Å². The smallest absolute Gasteiger partial charge is 0.266 e. The number of sulfonamides is 1. The van der Waals surface area contributed by atoms with Crippen LogP contribution in [-0.2, 0) is 10.0 Å². The largest absolute Gasteiger partial charge is 0.497 e. The number of hydrogen-bond acceptors (Lipinski definition) is 5. The van der Waals surface area contributed by atoms with Crippen molar-refractivity contribution in [2.24, 2.45) is 0 Å². The molecule has 188 valence electrons. The van der Waals surface area contributed by atoms with Crippen LogP contribution in [0.2, 0.25) is 5.02 Å². The molecular formula is C28H24ClN3O4S. The van der Waals surface area contributed by atoms with E-state index in [1.54, 1.807) is 74.7 Å². The molecule has 0 saturated carbocycles. The third-order valence-electron chi connectivity index (χ3n) is 6.51. The van der Waals surface area contributed by atoms with Crippen LogP contribution < -0.4 is 10.3 Å². The van der Waals surface area contributed by atoms with Gasteiger partial charge in [-0.2, -0.15) is 4.31 Å². The van der Waals surface area contributed by atoms with E-state index >= 15 is 0 Å². The number of hydrogen-bond donors (Lipinski definition) is 0. The molecule has 5 rings (SSSR count). The Morgan fingerprint density at radius 2 is 1.65 bits per heavy atom. The van der Waals surface area contributed by atoms with Gasteiger partial charge in [0.15, 0.2) is 0 Å². The Morgan fingerprint density at radius 1 is 0.946 bits per heavy atom. The van der Waals surface area contributed by atoms with Crippen molar-refractivity contribution in [1.29, 1.82) is 0 Å². The van der Waals surface area contributed by atoms with E-state index in [0.717, 1.165) is 10.8 Å². The maximum atomic E-state index is 13.7. The average Bonchev–Trinajstić information content (AvgIpc) is 2.91. The molecule has 37 heavy (non-hydrogen) atoms. The molecule has 0 fully saturated rings. The van der Waals surface area contributed by atoms with Crippen molar-refractivity contribution in [3.05, 3.63) is 106 Å². The number of benzene rings is 4. The monoisotopic (exact) mass is 533 g/mol. The second-order valence-corrected chi connectivity index (χ2v) is 11.1. The van der Waals surface area contributed by atoms with Crippen LogP contribution in [0.5, 0.6) is 5.75 Å². The molecule has 0 spiro atoms. The summed E-state index contributed by atoms with van der Waals surface area (Å²) >= 11 is 6.19. The number of ether oxygens (including phenoxy) is 1. The van der Waals surface area contributed by atoms with E-state index in [0.29, 0.717) is 27.4 Å². The van der Waals surface area contributed by atoms with Gasteiger partial charge >= 0.3 is 0 Å². The van der Waals surface area contributed by atoms with E-state index in [1.807, 2.05) is 24.3 Å². The summed E-state index contributed by atoms with van der Waals surface area (Å²) in [4.78, 5) is 18.6. The third-order valence-corrected chi connectivity index (χ3v) is 8.66. The summed E-state index contributed by atoms with van der Waals surface area (Å²) < 4.78 is 35.3. The molecule has 0 saturated heterocycles. The van der Waals surface area contributed by atoms with Gasteiger partial charge in [0.2, 0.25) is 10.0 Å². The van der Waals surface area contributed by atoms with Crippen LogP contribution in [0.1, 0.15) is 18.8 Å². The van der Waals surface area contributed by atoms with Crippen molar-refractivity contribution in [2.75, 3.05) is 14.2 Å². The highest BCUT2D eigenvalue weighted by molar-refractivity contribution is 7.89. The lowest BCUT2D eigenvalue weighted by Crippen LogP contribution is -2.35. The zero-order chi connectivity index (χ0) is 26.3. The molecule has 9 heteroatoms. The van der Waals surface area contributed by atoms with E-state index in [1.165, 1.54) is 15.9 Å². The second kappa shape index (κ2) is 9.63. The van der Waals surface area contributed by atoms with Crippen LogP contribution in [0.15, 0.2) is 94.6 Å². The van der Waals surface area contributed by atoms with Gasteiger partial charge < -0.3 is 4.74 Å². The first-order valence-corrected chi connectivity index (χ1v) is 13.4. The van der Waals surface area contributed by atoms with Crippen LogP contribution >= 0.6 is 11.6 Å². The fourth-order valence-electron chi connectivity index (χ4n) is 4.30. The van der Waals surface area contributed by atoms with Crippen molar-refractivity contribution in [1.82, 2.24) is 13.9 Å². The molecule has 1 heterocycles. The van der Waals surface area contributed by atoms with Gasteiger partial charge in [-0.25, -0.2) is 13.4 Å². The van der Waals surface area contributed by atoms with Gasteiger partial charge in [-0.1, -0.05) is 41.9 Å². The predicted molar refractivity (Wildman–Crippen MR) is 146 cm³/mol. The van der Waals surface area contributed by atoms with Crippen LogP contribution in [0.25, 0.3) is 27.4 Å². The lowest BCUT2D eigenvalue weighted by molar-refractivity contribution is 0.379. The van der Waals surface area contributed by atoms with Crippen molar-refractivity contribution in [2.45, 2.75) is 17.9 Å². The highest BCUT2D eigenvalue weighted by Crippen LogP contribution is 2.29. The zero-order valence-corrected chi connectivity index (χ0v) is 22.0. The van der Waals surface area contributed by atoms with Crippen LogP contribution in [0, 0.1) is 0 Å². The quantitative estimate of drug-likeness (QED) is 0.284. The van der Waals surface area contributed by atoms with E-state index in [2.05, 4.69) is 0 Å². The zero-order valence-electron chi connectivity index (χ0n) is 20.4. The molecule has 1 unspecified atom stereocenters. The first kappa shape index (κ1) is 25.0. The van der Waals surface area contributed by atoms with Gasteiger partial charge in [-0.3, -0.25) is 9.36 Å². The Kier molecular flexibility index (Phi) is 6.49. The van der Waals surface area contributed by atoms with Gasteiger partial charge in [0, 0.05) is 12.1 Å². The summed E-state index contributed by atoms with van der Waals surface area (Å²) in [7, 11) is -0.884. The molecule has 0 amide bonds. The second-order valence-electron chi connectivity index (χ2n) is 8.68. The van der Waals surface area contributed by atoms with Crippen molar-refractivity contribution in [3.8, 4) is 11.4 Å². The number of fused-ring (bicyclic) bond motifs is 2. The summed E-state index contributed by atoms with van der Waals surface area (Å²) in [6.07, 6.45) is 0. The minimum Gasteiger partial charge on any atom is -0.497 e. The van der Waals surface area contributed by atoms with Gasteiger partial charge in [0.25, 0.3) is 5.56 Å². The topological polar surface area (TPSA) is 81.5 Å². The molecule has 0 aliphatic rings. The maximum absolute atomic E-state index is 13.7. The van der Waals surface area contributed by atoms with Crippen LogP contribution in [-0.4, -0.2) is 36.4 Å². The van der Waals surface area contributed by atoms with Crippen molar-refractivity contribution < 1.29 is 13.2 Å². The lowest BCUT2D eigenvalue weighted by Gasteiger charge is -2.26. The Labute approximate surface area is 219 Å². The number of methoxy groups -OCH3 is 1. The molecular weight excluding hydrogens is 510 g/mol. The van der Waals surface area contributed by atoms with E-state index < -0.39 is 16.1 Å². The fourth-order valence-corrected chi connectivity index (χ4v) is 5.83. The first-order chi connectivity index (χ1) is 17.7. The summed E-state index contributed by atoms with van der Waals surface area (Å²) in [5.41, 5.74) is 0.597. The molecule has 0 radical (unpaired) electrons. The molecule has 7 nitrogen and oxygen atoms in total. The van der Waals surface area contributed by atoms with Crippen LogP contribution in [0.4, 0.5) is 0 Å². The molecule has 5 aromatic rings. The predicted octanol–water partition coefficient (Wildman–Crippen LogP) is 5.58. The van der Waals surface area contributed by atoms with Crippen LogP contribution in [0.3, 0.4) is 0 Å². The third kappa shape index (κ3) is 4.48. The van der Waals surface area contributed by atoms with Gasteiger partial charge in [0.1, 0.15) is 11.6 Å². The molecule has 4 aromatic carbocycles. The Morgan fingerprint density at radius 3 is 2.35 bits per heavy atom. The Balaban J connectivity index is 1.67. The number of halogens is 1. The van der Waals surface area contributed by atoms with E-state index in [-0.39, 0.29) is 16.3 Å². The number of aromatic nitrogens is 2.